The van der Waals surface area contributed by atoms with Gasteiger partial charge in [-0.3, -0.25) is 4.99 Å². The summed E-state index contributed by atoms with van der Waals surface area (Å²) in [5.74, 6) is 1.54. The second-order valence-corrected chi connectivity index (χ2v) is 5.70. The highest BCUT2D eigenvalue weighted by molar-refractivity contribution is 14.0. The van der Waals surface area contributed by atoms with Crippen LogP contribution in [0.25, 0.3) is 0 Å². The Kier molecular flexibility index (Phi) is 7.65. The molecule has 0 bridgehead atoms. The Morgan fingerprint density at radius 3 is 2.70 bits per heavy atom. The van der Waals surface area contributed by atoms with Crippen LogP contribution in [0.3, 0.4) is 0 Å². The lowest BCUT2D eigenvalue weighted by Crippen LogP contribution is -2.38. The largest absolute Gasteiger partial charge is 0.371 e. The van der Waals surface area contributed by atoms with Crippen molar-refractivity contribution in [2.75, 3.05) is 38.6 Å². The Hall–Kier alpha value is -0.500. The van der Waals surface area contributed by atoms with Gasteiger partial charge in [-0.1, -0.05) is 15.9 Å². The molecule has 1 atom stereocenters. The molecule has 0 aliphatic carbocycles. The first-order valence-electron chi connectivity index (χ1n) is 6.62. The van der Waals surface area contributed by atoms with Gasteiger partial charge in [0.15, 0.2) is 5.96 Å². The van der Waals surface area contributed by atoms with Crippen molar-refractivity contribution in [1.29, 1.82) is 0 Å². The lowest BCUT2D eigenvalue weighted by atomic mass is 10.1. The third-order valence-electron chi connectivity index (χ3n) is 3.50. The third kappa shape index (κ3) is 4.80. The summed E-state index contributed by atoms with van der Waals surface area (Å²) in [6, 6.07) is 8.55. The van der Waals surface area contributed by atoms with Crippen LogP contribution in [0.2, 0.25) is 0 Å². The highest BCUT2D eigenvalue weighted by Gasteiger charge is 2.22. The molecule has 1 aliphatic heterocycles. The Bertz CT molecular complexity index is 435. The highest BCUT2D eigenvalue weighted by Crippen LogP contribution is 2.24. The molecule has 0 spiro atoms. The Labute approximate surface area is 146 Å². The molecule has 2 rings (SSSR count). The van der Waals surface area contributed by atoms with E-state index in [0.717, 1.165) is 30.1 Å². The van der Waals surface area contributed by atoms with Crippen LogP contribution in [-0.2, 0) is 0 Å². The van der Waals surface area contributed by atoms with Crippen LogP contribution < -0.4 is 15.5 Å². The first-order valence-corrected chi connectivity index (χ1v) is 7.41. The van der Waals surface area contributed by atoms with E-state index < -0.39 is 0 Å². The number of anilines is 1. The molecule has 0 saturated carbocycles. The molecule has 2 N–H and O–H groups in total. The Morgan fingerprint density at radius 2 is 2.10 bits per heavy atom. The molecule has 0 amide bonds. The normalized spacial score (nSPS) is 18.6. The zero-order valence-corrected chi connectivity index (χ0v) is 15.8. The predicted octanol–water partition coefficient (Wildman–Crippen LogP) is 2.69. The average molecular weight is 453 g/mol. The molecule has 1 heterocycles. The fourth-order valence-corrected chi connectivity index (χ4v) is 2.67. The van der Waals surface area contributed by atoms with Crippen molar-refractivity contribution < 1.29 is 0 Å². The summed E-state index contributed by atoms with van der Waals surface area (Å²) in [6.07, 6.45) is 1.23. The summed E-state index contributed by atoms with van der Waals surface area (Å²) in [4.78, 5) is 6.58. The van der Waals surface area contributed by atoms with E-state index in [4.69, 9.17) is 0 Å². The maximum atomic E-state index is 4.13. The molecular formula is C14H22BrIN4. The minimum Gasteiger partial charge on any atom is -0.371 e. The van der Waals surface area contributed by atoms with Crippen molar-refractivity contribution in [2.45, 2.75) is 6.42 Å². The number of rotatable bonds is 3. The van der Waals surface area contributed by atoms with E-state index in [0.29, 0.717) is 5.92 Å². The first kappa shape index (κ1) is 17.6. The average Bonchev–Trinajstić information content (AvgIpc) is 2.89. The molecule has 0 aromatic heterocycles. The van der Waals surface area contributed by atoms with Gasteiger partial charge in [0.05, 0.1) is 0 Å². The minimum atomic E-state index is 0. The second-order valence-electron chi connectivity index (χ2n) is 4.78. The van der Waals surface area contributed by atoms with Crippen LogP contribution in [0.4, 0.5) is 5.69 Å². The SMILES string of the molecule is CN=C(NC)NCC1CCN(c2ccc(Br)cc2)C1.I. The third-order valence-corrected chi connectivity index (χ3v) is 4.02. The fourth-order valence-electron chi connectivity index (χ4n) is 2.41. The van der Waals surface area contributed by atoms with Gasteiger partial charge >= 0.3 is 0 Å². The number of halogens is 2. The number of nitrogens with zero attached hydrogens (tertiary/aromatic N) is 2. The molecular weight excluding hydrogens is 431 g/mol. The molecule has 1 aromatic carbocycles. The number of benzene rings is 1. The standard InChI is InChI=1S/C14H21BrN4.HI/c1-16-14(17-2)18-9-11-7-8-19(10-11)13-5-3-12(15)4-6-13;/h3-6,11H,7-10H2,1-2H3,(H2,16,17,18);1H. The van der Waals surface area contributed by atoms with Crippen molar-refractivity contribution in [1.82, 2.24) is 10.6 Å². The number of hydrogen-bond donors (Lipinski definition) is 2. The maximum absolute atomic E-state index is 4.13. The van der Waals surface area contributed by atoms with Crippen molar-refractivity contribution in [3.63, 3.8) is 0 Å². The van der Waals surface area contributed by atoms with Crippen LogP contribution in [0.1, 0.15) is 6.42 Å². The molecule has 1 saturated heterocycles. The van der Waals surface area contributed by atoms with Crippen LogP contribution in [-0.4, -0.2) is 39.7 Å². The lowest BCUT2D eigenvalue weighted by molar-refractivity contribution is 0.568. The first-order chi connectivity index (χ1) is 9.22. The van der Waals surface area contributed by atoms with Gasteiger partial charge in [0.1, 0.15) is 0 Å². The van der Waals surface area contributed by atoms with Crippen molar-refractivity contribution in [3.8, 4) is 0 Å². The van der Waals surface area contributed by atoms with E-state index in [2.05, 4.69) is 60.7 Å². The molecule has 1 fully saturated rings. The van der Waals surface area contributed by atoms with E-state index in [-0.39, 0.29) is 24.0 Å². The van der Waals surface area contributed by atoms with Gasteiger partial charge in [-0.05, 0) is 36.6 Å². The second kappa shape index (κ2) is 8.71. The molecule has 1 aromatic rings. The number of hydrogen-bond acceptors (Lipinski definition) is 2. The van der Waals surface area contributed by atoms with Gasteiger partial charge in [-0.15, -0.1) is 24.0 Å². The molecule has 20 heavy (non-hydrogen) atoms. The van der Waals surface area contributed by atoms with E-state index in [1.807, 2.05) is 7.05 Å². The van der Waals surface area contributed by atoms with Crippen molar-refractivity contribution in [3.05, 3.63) is 28.7 Å². The van der Waals surface area contributed by atoms with Gasteiger partial charge in [0, 0.05) is 43.9 Å². The minimum absolute atomic E-state index is 0. The Morgan fingerprint density at radius 1 is 1.40 bits per heavy atom. The number of aliphatic imine (C=N–C) groups is 1. The summed E-state index contributed by atoms with van der Waals surface area (Å²) in [7, 11) is 3.68. The van der Waals surface area contributed by atoms with Gasteiger partial charge in [0.2, 0.25) is 0 Å². The quantitative estimate of drug-likeness (QED) is 0.420. The summed E-state index contributed by atoms with van der Waals surface area (Å²) in [5.41, 5.74) is 1.31. The topological polar surface area (TPSA) is 39.7 Å². The smallest absolute Gasteiger partial charge is 0.190 e. The lowest BCUT2D eigenvalue weighted by Gasteiger charge is -2.19. The summed E-state index contributed by atoms with van der Waals surface area (Å²) in [5, 5.41) is 6.39. The molecule has 112 valence electrons. The molecule has 1 aliphatic rings. The van der Waals surface area contributed by atoms with Crippen LogP contribution >= 0.6 is 39.9 Å². The monoisotopic (exact) mass is 452 g/mol. The van der Waals surface area contributed by atoms with Gasteiger partial charge in [-0.2, -0.15) is 0 Å². The van der Waals surface area contributed by atoms with E-state index in [1.165, 1.54) is 12.1 Å². The van der Waals surface area contributed by atoms with Crippen molar-refractivity contribution in [2.24, 2.45) is 10.9 Å². The zero-order chi connectivity index (χ0) is 13.7. The van der Waals surface area contributed by atoms with E-state index in [9.17, 15) is 0 Å². The van der Waals surface area contributed by atoms with Crippen LogP contribution in [0, 0.1) is 5.92 Å². The summed E-state index contributed by atoms with van der Waals surface area (Å²) in [6.45, 7) is 3.21. The molecule has 4 nitrogen and oxygen atoms in total. The Balaban J connectivity index is 0.00000200. The predicted molar refractivity (Wildman–Crippen MR) is 100 cm³/mol. The van der Waals surface area contributed by atoms with Crippen LogP contribution in [0.5, 0.6) is 0 Å². The molecule has 6 heteroatoms. The van der Waals surface area contributed by atoms with Crippen LogP contribution in [0.15, 0.2) is 33.7 Å². The van der Waals surface area contributed by atoms with Gasteiger partial charge < -0.3 is 15.5 Å². The number of nitrogens with one attached hydrogen (secondary N) is 2. The van der Waals surface area contributed by atoms with Gasteiger partial charge in [0.25, 0.3) is 0 Å². The highest BCUT2D eigenvalue weighted by atomic mass is 127. The van der Waals surface area contributed by atoms with Crippen molar-refractivity contribution >= 4 is 51.6 Å². The summed E-state index contributed by atoms with van der Waals surface area (Å²) < 4.78 is 1.13. The number of guanidine groups is 1. The summed E-state index contributed by atoms with van der Waals surface area (Å²) >= 11 is 3.47. The molecule has 1 unspecified atom stereocenters. The van der Waals surface area contributed by atoms with Gasteiger partial charge in [-0.25, -0.2) is 0 Å². The molecule has 0 radical (unpaired) electrons. The van der Waals surface area contributed by atoms with E-state index >= 15 is 0 Å². The van der Waals surface area contributed by atoms with E-state index in [1.54, 1.807) is 7.05 Å². The fraction of sp³-hybridized carbons (Fsp3) is 0.500. The maximum Gasteiger partial charge on any atom is 0.190 e. The zero-order valence-electron chi connectivity index (χ0n) is 11.9.